The number of hydrogen-bond donors (Lipinski definition) is 1. The van der Waals surface area contributed by atoms with Crippen molar-refractivity contribution < 1.29 is 0 Å². The van der Waals surface area contributed by atoms with E-state index in [9.17, 15) is 0 Å². The Morgan fingerprint density at radius 1 is 1.25 bits per heavy atom. The van der Waals surface area contributed by atoms with Crippen LogP contribution in [0.3, 0.4) is 0 Å². The van der Waals surface area contributed by atoms with Crippen LogP contribution in [0.4, 0.5) is 5.69 Å². The molecule has 0 aromatic heterocycles. The molecule has 2 nitrogen and oxygen atoms in total. The molecular weight excluding hydrogens is 196 g/mol. The third-order valence-electron chi connectivity index (χ3n) is 3.10. The summed E-state index contributed by atoms with van der Waals surface area (Å²) in [5.41, 5.74) is 2.63. The first-order valence-electron chi connectivity index (χ1n) is 6.08. The van der Waals surface area contributed by atoms with Crippen molar-refractivity contribution in [3.8, 4) is 0 Å². The van der Waals surface area contributed by atoms with E-state index in [1.807, 2.05) is 7.05 Å². The zero-order chi connectivity index (χ0) is 12.0. The molecule has 16 heavy (non-hydrogen) atoms. The van der Waals surface area contributed by atoms with E-state index in [0.717, 1.165) is 6.54 Å². The van der Waals surface area contributed by atoms with Crippen LogP contribution < -0.4 is 10.2 Å². The van der Waals surface area contributed by atoms with Crippen LogP contribution in [-0.4, -0.2) is 26.7 Å². The molecule has 0 bridgehead atoms. The molecule has 0 aliphatic heterocycles. The van der Waals surface area contributed by atoms with E-state index < -0.39 is 0 Å². The van der Waals surface area contributed by atoms with E-state index in [1.165, 1.54) is 24.1 Å². The number of nitrogens with zero attached hydrogens (tertiary/aromatic N) is 1. The monoisotopic (exact) mass is 220 g/mol. The van der Waals surface area contributed by atoms with Gasteiger partial charge in [-0.05, 0) is 45.9 Å². The van der Waals surface area contributed by atoms with Gasteiger partial charge in [0.15, 0.2) is 0 Å². The molecule has 0 radical (unpaired) electrons. The normalized spacial score (nSPS) is 12.5. The highest BCUT2D eigenvalue weighted by atomic mass is 15.1. The first-order valence-corrected chi connectivity index (χ1v) is 6.08. The van der Waals surface area contributed by atoms with Gasteiger partial charge in [-0.2, -0.15) is 0 Å². The van der Waals surface area contributed by atoms with E-state index in [0.29, 0.717) is 6.04 Å². The number of anilines is 1. The lowest BCUT2D eigenvalue weighted by Gasteiger charge is -2.20. The maximum atomic E-state index is 3.27. The molecule has 0 amide bonds. The summed E-state index contributed by atoms with van der Waals surface area (Å²) in [7, 11) is 4.18. The summed E-state index contributed by atoms with van der Waals surface area (Å²) in [6, 6.07) is 9.34. The molecule has 0 fully saturated rings. The lowest BCUT2D eigenvalue weighted by Crippen LogP contribution is -2.24. The molecular formula is C14H24N2. The second kappa shape index (κ2) is 6.54. The third kappa shape index (κ3) is 4.23. The summed E-state index contributed by atoms with van der Waals surface area (Å²) < 4.78 is 0. The summed E-state index contributed by atoms with van der Waals surface area (Å²) in [6.07, 6.45) is 2.46. The lowest BCUT2D eigenvalue weighted by molar-refractivity contribution is 0.542. The molecule has 1 aromatic rings. The second-order valence-electron chi connectivity index (χ2n) is 4.59. The van der Waals surface area contributed by atoms with Crippen molar-refractivity contribution in [3.05, 3.63) is 29.8 Å². The zero-order valence-corrected chi connectivity index (χ0v) is 11.0. The Kier molecular flexibility index (Phi) is 5.33. The minimum atomic E-state index is 0.617. The van der Waals surface area contributed by atoms with Crippen molar-refractivity contribution in [1.29, 1.82) is 0 Å². The fourth-order valence-electron chi connectivity index (χ4n) is 1.71. The second-order valence-corrected chi connectivity index (χ2v) is 4.59. The third-order valence-corrected chi connectivity index (χ3v) is 3.10. The minimum absolute atomic E-state index is 0.617. The van der Waals surface area contributed by atoms with Crippen LogP contribution >= 0.6 is 0 Å². The van der Waals surface area contributed by atoms with Crippen LogP contribution in [0.15, 0.2) is 24.3 Å². The summed E-state index contributed by atoms with van der Waals surface area (Å²) in [4.78, 5) is 2.32. The van der Waals surface area contributed by atoms with Crippen molar-refractivity contribution in [1.82, 2.24) is 5.32 Å². The Morgan fingerprint density at radius 3 is 2.44 bits per heavy atom. The van der Waals surface area contributed by atoms with E-state index in [4.69, 9.17) is 0 Å². The van der Waals surface area contributed by atoms with Crippen molar-refractivity contribution in [2.24, 2.45) is 0 Å². The summed E-state index contributed by atoms with van der Waals surface area (Å²) in [5, 5.41) is 3.27. The molecule has 0 heterocycles. The van der Waals surface area contributed by atoms with Crippen LogP contribution in [-0.2, 0) is 0 Å². The Morgan fingerprint density at radius 2 is 1.88 bits per heavy atom. The average molecular weight is 220 g/mol. The Labute approximate surface area is 99.7 Å². The molecule has 0 spiro atoms. The lowest BCUT2D eigenvalue weighted by atomic mass is 10.1. The number of benzene rings is 1. The highest BCUT2D eigenvalue weighted by molar-refractivity contribution is 5.46. The molecule has 1 atom stereocenters. The van der Waals surface area contributed by atoms with E-state index in [1.54, 1.807) is 0 Å². The fraction of sp³-hybridized carbons (Fsp3) is 0.571. The summed E-state index contributed by atoms with van der Waals surface area (Å²) in [5.74, 6) is 0. The average Bonchev–Trinajstić information content (AvgIpc) is 2.29. The van der Waals surface area contributed by atoms with Gasteiger partial charge in [0.2, 0.25) is 0 Å². The van der Waals surface area contributed by atoms with E-state index >= 15 is 0 Å². The Hall–Kier alpha value is -1.02. The number of aryl methyl sites for hydroxylation is 1. The van der Waals surface area contributed by atoms with Crippen LogP contribution in [0.5, 0.6) is 0 Å². The number of nitrogens with one attached hydrogen (secondary N) is 1. The van der Waals surface area contributed by atoms with Gasteiger partial charge in [-0.15, -0.1) is 0 Å². The van der Waals surface area contributed by atoms with Crippen molar-refractivity contribution >= 4 is 5.69 Å². The predicted octanol–water partition coefficient (Wildman–Crippen LogP) is 2.82. The fourth-order valence-corrected chi connectivity index (χ4v) is 1.71. The molecule has 1 unspecified atom stereocenters. The minimum Gasteiger partial charge on any atom is -0.375 e. The van der Waals surface area contributed by atoms with Crippen molar-refractivity contribution in [2.75, 3.05) is 25.5 Å². The zero-order valence-electron chi connectivity index (χ0n) is 11.0. The highest BCUT2D eigenvalue weighted by Gasteiger charge is 2.02. The number of rotatable bonds is 6. The Bertz CT molecular complexity index is 292. The van der Waals surface area contributed by atoms with Crippen molar-refractivity contribution in [2.45, 2.75) is 32.7 Å². The quantitative estimate of drug-likeness (QED) is 0.793. The summed E-state index contributed by atoms with van der Waals surface area (Å²) >= 11 is 0. The molecule has 0 aliphatic rings. The standard InChI is InChI=1S/C14H24N2/c1-12-7-9-14(10-8-12)16(4)11-5-6-13(2)15-3/h7-10,13,15H,5-6,11H2,1-4H3. The topological polar surface area (TPSA) is 15.3 Å². The molecule has 0 aliphatic carbocycles. The SMILES string of the molecule is CNC(C)CCCN(C)c1ccc(C)cc1. The van der Waals surface area contributed by atoms with Gasteiger partial charge in [0, 0.05) is 25.3 Å². The molecule has 0 saturated carbocycles. The molecule has 1 N–H and O–H groups in total. The van der Waals surface area contributed by atoms with E-state index in [-0.39, 0.29) is 0 Å². The highest BCUT2D eigenvalue weighted by Crippen LogP contribution is 2.14. The molecule has 0 saturated heterocycles. The van der Waals surface area contributed by atoms with Gasteiger partial charge in [-0.1, -0.05) is 17.7 Å². The number of hydrogen-bond acceptors (Lipinski definition) is 2. The maximum Gasteiger partial charge on any atom is 0.0363 e. The van der Waals surface area contributed by atoms with Gasteiger partial charge in [0.1, 0.15) is 0 Å². The largest absolute Gasteiger partial charge is 0.375 e. The van der Waals surface area contributed by atoms with Gasteiger partial charge in [0.05, 0.1) is 0 Å². The molecule has 1 rings (SSSR count). The van der Waals surface area contributed by atoms with Gasteiger partial charge >= 0.3 is 0 Å². The van der Waals surface area contributed by atoms with Crippen LogP contribution in [0.2, 0.25) is 0 Å². The molecule has 1 aromatic carbocycles. The summed E-state index contributed by atoms with van der Waals surface area (Å²) in [6.45, 7) is 5.47. The molecule has 90 valence electrons. The van der Waals surface area contributed by atoms with Gasteiger partial charge in [0.25, 0.3) is 0 Å². The maximum absolute atomic E-state index is 3.27. The Balaban J connectivity index is 2.35. The van der Waals surface area contributed by atoms with Gasteiger partial charge in [-0.25, -0.2) is 0 Å². The van der Waals surface area contributed by atoms with Crippen LogP contribution in [0.25, 0.3) is 0 Å². The van der Waals surface area contributed by atoms with Gasteiger partial charge in [-0.3, -0.25) is 0 Å². The van der Waals surface area contributed by atoms with Crippen LogP contribution in [0, 0.1) is 6.92 Å². The smallest absolute Gasteiger partial charge is 0.0363 e. The predicted molar refractivity (Wildman–Crippen MR) is 72.2 cm³/mol. The van der Waals surface area contributed by atoms with E-state index in [2.05, 4.69) is 55.4 Å². The first-order chi connectivity index (χ1) is 7.63. The first kappa shape index (κ1) is 13.0. The molecule has 2 heteroatoms. The van der Waals surface area contributed by atoms with Crippen LogP contribution in [0.1, 0.15) is 25.3 Å². The van der Waals surface area contributed by atoms with Gasteiger partial charge < -0.3 is 10.2 Å². The van der Waals surface area contributed by atoms with Crippen molar-refractivity contribution in [3.63, 3.8) is 0 Å².